The van der Waals surface area contributed by atoms with Gasteiger partial charge in [-0.15, -0.1) is 0 Å². The van der Waals surface area contributed by atoms with E-state index in [1.165, 1.54) is 16.2 Å². The van der Waals surface area contributed by atoms with Crippen LogP contribution in [0.1, 0.15) is 43.9 Å². The maximum Gasteiger partial charge on any atom is 0.407 e. The van der Waals surface area contributed by atoms with Crippen molar-refractivity contribution < 1.29 is 15.0 Å². The number of hydrogen-bond acceptors (Lipinski definition) is 3. The lowest BCUT2D eigenvalue weighted by Crippen LogP contribution is -2.47. The van der Waals surface area contributed by atoms with E-state index in [-0.39, 0.29) is 6.54 Å². The third-order valence-electron chi connectivity index (χ3n) is 4.06. The maximum atomic E-state index is 11.7. The molecule has 0 aliphatic heterocycles. The predicted octanol–water partition coefficient (Wildman–Crippen LogP) is 5.65. The molecular weight excluding hydrogens is 381 g/mol. The highest BCUT2D eigenvalue weighted by Crippen LogP contribution is 2.36. The number of aliphatic hydroxyl groups excluding tert-OH is 1. The van der Waals surface area contributed by atoms with Crippen molar-refractivity contribution in [2.45, 2.75) is 38.3 Å². The van der Waals surface area contributed by atoms with Gasteiger partial charge in [0.05, 0.1) is 16.1 Å². The fraction of sp³-hybridized carbons (Fsp3) is 0.389. The minimum atomic E-state index is -1.03. The van der Waals surface area contributed by atoms with Crippen LogP contribution in [-0.4, -0.2) is 33.3 Å². The molecule has 0 saturated carbocycles. The topological polar surface area (TPSA) is 60.8 Å². The van der Waals surface area contributed by atoms with Crippen molar-refractivity contribution in [3.05, 3.63) is 56.2 Å². The molecule has 4 nitrogen and oxygen atoms in total. The second-order valence-electron chi connectivity index (χ2n) is 6.85. The summed E-state index contributed by atoms with van der Waals surface area (Å²) in [7, 11) is 0. The van der Waals surface area contributed by atoms with Crippen molar-refractivity contribution in [3.8, 4) is 0 Å². The van der Waals surface area contributed by atoms with Crippen molar-refractivity contribution in [1.29, 1.82) is 0 Å². The molecule has 2 rings (SSSR count). The molecule has 1 heterocycles. The van der Waals surface area contributed by atoms with E-state index in [1.54, 1.807) is 18.2 Å². The van der Waals surface area contributed by atoms with Gasteiger partial charge in [0.25, 0.3) is 0 Å². The van der Waals surface area contributed by atoms with Gasteiger partial charge in [0.2, 0.25) is 0 Å². The molecule has 2 atom stereocenters. The van der Waals surface area contributed by atoms with Crippen molar-refractivity contribution in [2.75, 3.05) is 6.54 Å². The van der Waals surface area contributed by atoms with Gasteiger partial charge in [-0.25, -0.2) is 4.79 Å². The molecule has 0 bridgehead atoms. The highest BCUT2D eigenvalue weighted by atomic mass is 35.5. The summed E-state index contributed by atoms with van der Waals surface area (Å²) in [5, 5.41) is 25.0. The van der Waals surface area contributed by atoms with Crippen LogP contribution in [0, 0.1) is 0 Å². The first-order valence-corrected chi connectivity index (χ1v) is 9.47. The molecule has 7 heteroatoms. The summed E-state index contributed by atoms with van der Waals surface area (Å²) in [4.78, 5) is 13.1. The lowest BCUT2D eigenvalue weighted by Gasteiger charge is -2.37. The molecule has 0 aliphatic carbocycles. The fourth-order valence-corrected chi connectivity index (χ4v) is 3.64. The summed E-state index contributed by atoms with van der Waals surface area (Å²) in [5.41, 5.74) is 0.887. The number of aliphatic hydroxyl groups is 1. The van der Waals surface area contributed by atoms with Crippen LogP contribution < -0.4 is 0 Å². The van der Waals surface area contributed by atoms with E-state index in [0.29, 0.717) is 10.0 Å². The Morgan fingerprint density at radius 3 is 2.36 bits per heavy atom. The lowest BCUT2D eigenvalue weighted by atomic mass is 9.88. The van der Waals surface area contributed by atoms with Gasteiger partial charge >= 0.3 is 6.09 Å². The number of carbonyl (C=O) groups is 1. The number of carboxylic acid groups (broad SMARTS) is 1. The molecule has 0 spiro atoms. The Balaban J connectivity index is 2.44. The van der Waals surface area contributed by atoms with Crippen LogP contribution in [0.25, 0.3) is 0 Å². The van der Waals surface area contributed by atoms with Crippen LogP contribution in [0.3, 0.4) is 0 Å². The Hall–Kier alpha value is -1.27. The number of nitrogens with zero attached hydrogens (tertiary/aromatic N) is 1. The number of thiophene rings is 1. The van der Waals surface area contributed by atoms with Crippen LogP contribution in [0.2, 0.25) is 10.0 Å². The summed E-state index contributed by atoms with van der Waals surface area (Å²) in [6.45, 7) is 5.60. The van der Waals surface area contributed by atoms with E-state index in [1.807, 2.05) is 37.6 Å². The zero-order valence-electron chi connectivity index (χ0n) is 14.2. The number of benzene rings is 1. The molecule has 0 aliphatic rings. The Morgan fingerprint density at radius 2 is 1.88 bits per heavy atom. The standard InChI is InChI=1S/C18H21Cl2NO3S/c1-18(2,3)21(17(23)24)9-13(16(22)12-6-7-25-10-12)11-4-5-14(19)15(20)8-11/h4-8,10,13,16,22H,9H2,1-3H3,(H,23,24). The zero-order valence-corrected chi connectivity index (χ0v) is 16.6. The summed E-state index contributed by atoms with van der Waals surface area (Å²) in [5.74, 6) is -0.473. The third-order valence-corrected chi connectivity index (χ3v) is 5.50. The second kappa shape index (κ2) is 7.96. The fourth-order valence-electron chi connectivity index (χ4n) is 2.64. The van der Waals surface area contributed by atoms with Crippen LogP contribution in [0.4, 0.5) is 4.79 Å². The van der Waals surface area contributed by atoms with Gasteiger partial charge in [-0.3, -0.25) is 0 Å². The number of hydrogen-bond donors (Lipinski definition) is 2. The highest BCUT2D eigenvalue weighted by molar-refractivity contribution is 7.07. The summed E-state index contributed by atoms with van der Waals surface area (Å²) in [6.07, 6.45) is -1.89. The smallest absolute Gasteiger partial charge is 0.407 e. The first-order valence-electron chi connectivity index (χ1n) is 7.77. The Labute approximate surface area is 161 Å². The largest absolute Gasteiger partial charge is 0.465 e. The van der Waals surface area contributed by atoms with Gasteiger partial charge in [0.1, 0.15) is 0 Å². The molecular formula is C18H21Cl2NO3S. The van der Waals surface area contributed by atoms with Gasteiger partial charge < -0.3 is 15.1 Å². The predicted molar refractivity (Wildman–Crippen MR) is 103 cm³/mol. The molecule has 1 aromatic carbocycles. The maximum absolute atomic E-state index is 11.7. The molecule has 2 aromatic rings. The summed E-state index contributed by atoms with van der Waals surface area (Å²) in [6, 6.07) is 6.96. The molecule has 0 saturated heterocycles. The first kappa shape index (κ1) is 20.0. The number of halogens is 2. The van der Waals surface area contributed by atoms with Crippen LogP contribution in [0.5, 0.6) is 0 Å². The average molecular weight is 402 g/mol. The Kier molecular flexibility index (Phi) is 6.38. The molecule has 136 valence electrons. The first-order chi connectivity index (χ1) is 11.6. The minimum Gasteiger partial charge on any atom is -0.465 e. The van der Waals surface area contributed by atoms with Crippen LogP contribution in [0.15, 0.2) is 35.0 Å². The van der Waals surface area contributed by atoms with Crippen molar-refractivity contribution in [3.63, 3.8) is 0 Å². The van der Waals surface area contributed by atoms with E-state index < -0.39 is 23.7 Å². The lowest BCUT2D eigenvalue weighted by molar-refractivity contribution is 0.0698. The molecule has 0 fully saturated rings. The molecule has 25 heavy (non-hydrogen) atoms. The Morgan fingerprint density at radius 1 is 1.20 bits per heavy atom. The molecule has 2 unspecified atom stereocenters. The summed E-state index contributed by atoms with van der Waals surface area (Å²) >= 11 is 13.6. The van der Waals surface area contributed by atoms with E-state index >= 15 is 0 Å². The molecule has 0 radical (unpaired) electrons. The zero-order chi connectivity index (χ0) is 18.8. The van der Waals surface area contributed by atoms with Crippen molar-refractivity contribution >= 4 is 40.6 Å². The van der Waals surface area contributed by atoms with E-state index in [2.05, 4.69) is 0 Å². The number of rotatable bonds is 5. The average Bonchev–Trinajstić information content (AvgIpc) is 3.03. The molecule has 2 N–H and O–H groups in total. The SMILES string of the molecule is CC(C)(C)N(CC(c1ccc(Cl)c(Cl)c1)C(O)c1ccsc1)C(=O)O. The minimum absolute atomic E-state index is 0.133. The van der Waals surface area contributed by atoms with Gasteiger partial charge in [0.15, 0.2) is 0 Å². The van der Waals surface area contributed by atoms with E-state index in [0.717, 1.165) is 11.1 Å². The van der Waals surface area contributed by atoms with E-state index in [9.17, 15) is 15.0 Å². The second-order valence-corrected chi connectivity index (χ2v) is 8.44. The van der Waals surface area contributed by atoms with E-state index in [4.69, 9.17) is 23.2 Å². The summed E-state index contributed by atoms with van der Waals surface area (Å²) < 4.78 is 0. The normalized spacial score (nSPS) is 14.2. The Bertz CT molecular complexity index is 728. The molecule has 1 aromatic heterocycles. The third kappa shape index (κ3) is 4.88. The molecule has 1 amide bonds. The van der Waals surface area contributed by atoms with Gasteiger partial charge in [-0.2, -0.15) is 11.3 Å². The quantitative estimate of drug-likeness (QED) is 0.679. The van der Waals surface area contributed by atoms with Crippen molar-refractivity contribution in [1.82, 2.24) is 4.90 Å². The highest BCUT2D eigenvalue weighted by Gasteiger charge is 2.33. The van der Waals surface area contributed by atoms with Crippen LogP contribution in [-0.2, 0) is 0 Å². The van der Waals surface area contributed by atoms with Gasteiger partial charge in [0, 0.05) is 18.0 Å². The number of amides is 1. The van der Waals surface area contributed by atoms with Crippen molar-refractivity contribution in [2.24, 2.45) is 0 Å². The van der Waals surface area contributed by atoms with Crippen LogP contribution >= 0.6 is 34.5 Å². The van der Waals surface area contributed by atoms with Gasteiger partial charge in [-0.1, -0.05) is 29.3 Å². The monoisotopic (exact) mass is 401 g/mol. The van der Waals surface area contributed by atoms with Gasteiger partial charge in [-0.05, 0) is 60.9 Å².